The van der Waals surface area contributed by atoms with E-state index in [-0.39, 0.29) is 16.7 Å². The zero-order chi connectivity index (χ0) is 16.6. The predicted octanol–water partition coefficient (Wildman–Crippen LogP) is 4.58. The molecule has 0 aromatic heterocycles. The number of fused-ring (bicyclic) bond motifs is 5. The number of carbonyl (C=O) groups excluding carboxylic acids is 2. The molecular formula is C21H30O2. The Morgan fingerprint density at radius 3 is 2.57 bits per heavy atom. The van der Waals surface area contributed by atoms with Gasteiger partial charge in [-0.1, -0.05) is 26.3 Å². The molecule has 0 spiro atoms. The van der Waals surface area contributed by atoms with Crippen LogP contribution in [0.25, 0.3) is 0 Å². The molecule has 3 fully saturated rings. The summed E-state index contributed by atoms with van der Waals surface area (Å²) in [6.07, 6.45) is 8.52. The SMILES string of the molecule is CC(=O)[C@H]1CC[C@H]2[C@@H]3C(C)C4=CC(=O)CC[C@]4(C)[C@H]3CC[C@]12C. The number of hydrogen-bond acceptors (Lipinski definition) is 2. The van der Waals surface area contributed by atoms with Gasteiger partial charge in [0.15, 0.2) is 5.78 Å². The summed E-state index contributed by atoms with van der Waals surface area (Å²) in [5.74, 6) is 3.59. The summed E-state index contributed by atoms with van der Waals surface area (Å²) < 4.78 is 0. The van der Waals surface area contributed by atoms with Gasteiger partial charge in [-0.25, -0.2) is 0 Å². The highest BCUT2D eigenvalue weighted by Crippen LogP contribution is 2.70. The van der Waals surface area contributed by atoms with Gasteiger partial charge in [-0.2, -0.15) is 0 Å². The average Bonchev–Trinajstić information content (AvgIpc) is 2.94. The topological polar surface area (TPSA) is 34.1 Å². The largest absolute Gasteiger partial charge is 0.300 e. The monoisotopic (exact) mass is 314 g/mol. The van der Waals surface area contributed by atoms with Gasteiger partial charge in [0.2, 0.25) is 0 Å². The van der Waals surface area contributed by atoms with E-state index < -0.39 is 0 Å². The number of rotatable bonds is 1. The Morgan fingerprint density at radius 2 is 1.87 bits per heavy atom. The van der Waals surface area contributed by atoms with Gasteiger partial charge in [0.05, 0.1) is 0 Å². The molecule has 1 unspecified atom stereocenters. The maximum atomic E-state index is 12.2. The lowest BCUT2D eigenvalue weighted by Crippen LogP contribution is -2.45. The third-order valence-corrected chi connectivity index (χ3v) is 8.58. The molecule has 0 radical (unpaired) electrons. The zero-order valence-corrected chi connectivity index (χ0v) is 15.0. The third kappa shape index (κ3) is 1.87. The van der Waals surface area contributed by atoms with E-state index >= 15 is 0 Å². The highest BCUT2D eigenvalue weighted by Gasteiger charge is 2.63. The molecule has 0 aromatic carbocycles. The lowest BCUT2D eigenvalue weighted by Gasteiger charge is -2.49. The smallest absolute Gasteiger partial charge is 0.155 e. The number of hydrogen-bond donors (Lipinski definition) is 0. The minimum Gasteiger partial charge on any atom is -0.300 e. The lowest BCUT2D eigenvalue weighted by molar-refractivity contribution is -0.126. The molecule has 0 N–H and O–H groups in total. The van der Waals surface area contributed by atoms with Gasteiger partial charge in [-0.05, 0) is 79.6 Å². The van der Waals surface area contributed by atoms with Crippen LogP contribution in [0.15, 0.2) is 11.6 Å². The first-order valence-corrected chi connectivity index (χ1v) is 9.54. The average molecular weight is 314 g/mol. The van der Waals surface area contributed by atoms with Gasteiger partial charge in [-0.3, -0.25) is 9.59 Å². The fourth-order valence-electron chi connectivity index (χ4n) is 7.50. The van der Waals surface area contributed by atoms with Crippen molar-refractivity contribution in [3.8, 4) is 0 Å². The summed E-state index contributed by atoms with van der Waals surface area (Å²) in [4.78, 5) is 24.2. The Labute approximate surface area is 140 Å². The van der Waals surface area contributed by atoms with Crippen molar-refractivity contribution >= 4 is 11.6 Å². The molecule has 23 heavy (non-hydrogen) atoms. The van der Waals surface area contributed by atoms with E-state index in [4.69, 9.17) is 0 Å². The zero-order valence-electron chi connectivity index (χ0n) is 15.0. The van der Waals surface area contributed by atoms with Gasteiger partial charge < -0.3 is 0 Å². The molecule has 126 valence electrons. The molecule has 4 aliphatic carbocycles. The van der Waals surface area contributed by atoms with Crippen molar-refractivity contribution in [2.24, 2.45) is 40.4 Å². The number of carbonyl (C=O) groups is 2. The quantitative estimate of drug-likeness (QED) is 0.710. The van der Waals surface area contributed by atoms with Crippen LogP contribution in [0.2, 0.25) is 0 Å². The molecule has 4 aliphatic rings. The van der Waals surface area contributed by atoms with E-state index in [1.54, 1.807) is 6.92 Å². The maximum absolute atomic E-state index is 12.2. The molecule has 2 heteroatoms. The fourth-order valence-corrected chi connectivity index (χ4v) is 7.50. The summed E-state index contributed by atoms with van der Waals surface area (Å²) >= 11 is 0. The van der Waals surface area contributed by atoms with Crippen molar-refractivity contribution < 1.29 is 9.59 Å². The van der Waals surface area contributed by atoms with Crippen molar-refractivity contribution in [2.75, 3.05) is 0 Å². The minimum atomic E-state index is 0.204. The highest BCUT2D eigenvalue weighted by molar-refractivity contribution is 5.92. The molecule has 0 bridgehead atoms. The molecule has 0 aliphatic heterocycles. The van der Waals surface area contributed by atoms with Crippen molar-refractivity contribution in [3.63, 3.8) is 0 Å². The number of ketones is 2. The van der Waals surface area contributed by atoms with Crippen LogP contribution in [0.5, 0.6) is 0 Å². The first kappa shape index (κ1) is 15.6. The minimum absolute atomic E-state index is 0.204. The maximum Gasteiger partial charge on any atom is 0.155 e. The Kier molecular flexibility index (Phi) is 3.26. The van der Waals surface area contributed by atoms with Crippen LogP contribution >= 0.6 is 0 Å². The standard InChI is InChI=1S/C21H30O2/c1-12-18-11-14(23)7-9-21(18,4)17-8-10-20(3)15(13(2)22)5-6-16(20)19(12)17/h11-12,15-17,19H,5-10H2,1-4H3/t12?,15-,16+,17+,19+,20-,21-/m1/s1. The molecule has 0 saturated heterocycles. The van der Waals surface area contributed by atoms with Crippen LogP contribution in [0.1, 0.15) is 66.2 Å². The highest BCUT2D eigenvalue weighted by atomic mass is 16.1. The second-order valence-electron chi connectivity index (χ2n) is 9.35. The van der Waals surface area contributed by atoms with E-state index in [0.717, 1.165) is 25.2 Å². The first-order chi connectivity index (χ1) is 10.8. The van der Waals surface area contributed by atoms with Crippen LogP contribution in [-0.2, 0) is 9.59 Å². The van der Waals surface area contributed by atoms with E-state index in [0.29, 0.717) is 29.3 Å². The van der Waals surface area contributed by atoms with Gasteiger partial charge in [0, 0.05) is 12.3 Å². The first-order valence-electron chi connectivity index (χ1n) is 9.54. The molecule has 7 atom stereocenters. The van der Waals surface area contributed by atoms with Crippen LogP contribution in [0.4, 0.5) is 0 Å². The molecule has 4 rings (SSSR count). The molecule has 3 saturated carbocycles. The molecule has 0 amide bonds. The van der Waals surface area contributed by atoms with Crippen molar-refractivity contribution in [3.05, 3.63) is 11.6 Å². The lowest BCUT2D eigenvalue weighted by atomic mass is 9.54. The van der Waals surface area contributed by atoms with E-state index in [1.165, 1.54) is 24.8 Å². The van der Waals surface area contributed by atoms with Crippen LogP contribution in [0, 0.1) is 40.4 Å². The second kappa shape index (κ2) is 4.80. The molecule has 0 heterocycles. The Hall–Kier alpha value is -0.920. The summed E-state index contributed by atoms with van der Waals surface area (Å²) in [6, 6.07) is 0. The number of allylic oxidation sites excluding steroid dienone is 2. The normalized spacial score (nSPS) is 51.7. The van der Waals surface area contributed by atoms with Crippen LogP contribution in [0.3, 0.4) is 0 Å². The van der Waals surface area contributed by atoms with Crippen LogP contribution < -0.4 is 0 Å². The van der Waals surface area contributed by atoms with Crippen molar-refractivity contribution in [2.45, 2.75) is 66.2 Å². The predicted molar refractivity (Wildman–Crippen MR) is 90.8 cm³/mol. The summed E-state index contributed by atoms with van der Waals surface area (Å²) in [6.45, 7) is 8.97. The van der Waals surface area contributed by atoms with E-state index in [2.05, 4.69) is 20.8 Å². The van der Waals surface area contributed by atoms with E-state index in [9.17, 15) is 9.59 Å². The van der Waals surface area contributed by atoms with Crippen molar-refractivity contribution in [1.29, 1.82) is 0 Å². The second-order valence-corrected chi connectivity index (χ2v) is 9.35. The Balaban J connectivity index is 1.75. The Bertz CT molecular complexity index is 603. The van der Waals surface area contributed by atoms with Gasteiger partial charge in [-0.15, -0.1) is 0 Å². The summed E-state index contributed by atoms with van der Waals surface area (Å²) in [5, 5.41) is 0. The fraction of sp³-hybridized carbons (Fsp3) is 0.810. The Morgan fingerprint density at radius 1 is 1.13 bits per heavy atom. The van der Waals surface area contributed by atoms with Gasteiger partial charge >= 0.3 is 0 Å². The van der Waals surface area contributed by atoms with Crippen molar-refractivity contribution in [1.82, 2.24) is 0 Å². The molecular weight excluding hydrogens is 284 g/mol. The summed E-state index contributed by atoms with van der Waals surface area (Å²) in [5.41, 5.74) is 1.89. The number of Topliss-reactive ketones (excluding diaryl/α,β-unsaturated/α-hetero) is 1. The van der Waals surface area contributed by atoms with Gasteiger partial charge in [0.1, 0.15) is 5.78 Å². The molecule has 0 aromatic rings. The third-order valence-electron chi connectivity index (χ3n) is 8.58. The van der Waals surface area contributed by atoms with Gasteiger partial charge in [0.25, 0.3) is 0 Å². The van der Waals surface area contributed by atoms with E-state index in [1.807, 2.05) is 6.08 Å². The van der Waals surface area contributed by atoms with Crippen LogP contribution in [-0.4, -0.2) is 11.6 Å². The summed E-state index contributed by atoms with van der Waals surface area (Å²) in [7, 11) is 0. The molecule has 2 nitrogen and oxygen atoms in total.